The molecule has 2 heterocycles. The number of aryl methyl sites for hydroxylation is 1. The number of benzene rings is 1. The highest BCUT2D eigenvalue weighted by Crippen LogP contribution is 2.24. The fourth-order valence-corrected chi connectivity index (χ4v) is 3.89. The summed E-state index contributed by atoms with van der Waals surface area (Å²) in [5.74, 6) is -0.833. The van der Waals surface area contributed by atoms with Gasteiger partial charge in [0.15, 0.2) is 12.3 Å². The predicted molar refractivity (Wildman–Crippen MR) is 108 cm³/mol. The molecular weight excluding hydrogens is 380 g/mol. The minimum absolute atomic E-state index is 0.225. The fraction of sp³-hybridized carbons (Fsp3) is 0.250. The van der Waals surface area contributed by atoms with Crippen molar-refractivity contribution in [1.82, 2.24) is 9.88 Å². The third-order valence-corrected chi connectivity index (χ3v) is 5.70. The van der Waals surface area contributed by atoms with Gasteiger partial charge in [0.25, 0.3) is 5.91 Å². The zero-order valence-electron chi connectivity index (χ0n) is 15.2. The Morgan fingerprint density at radius 1 is 1.11 bits per heavy atom. The molecule has 0 fully saturated rings. The van der Waals surface area contributed by atoms with Gasteiger partial charge in [-0.25, -0.2) is 9.78 Å². The number of nitrogens with zero attached hydrogens (tertiary/aromatic N) is 2. The molecule has 0 aliphatic rings. The van der Waals surface area contributed by atoms with Crippen LogP contribution in [-0.4, -0.2) is 35.4 Å². The number of carbonyl (C=O) groups is 2. The topological polar surface area (TPSA) is 59.5 Å². The second kappa shape index (κ2) is 8.92. The molecule has 0 saturated heterocycles. The highest BCUT2D eigenvalue weighted by atomic mass is 32.1. The fourth-order valence-electron chi connectivity index (χ4n) is 2.44. The van der Waals surface area contributed by atoms with Crippen molar-refractivity contribution in [2.75, 3.05) is 13.7 Å². The number of likely N-dealkylation sites (N-methyl/N-ethyl adjacent to an activating group) is 1. The molecule has 0 atom stereocenters. The van der Waals surface area contributed by atoms with Gasteiger partial charge in [-0.1, -0.05) is 31.2 Å². The molecule has 0 bridgehead atoms. The monoisotopic (exact) mass is 400 g/mol. The van der Waals surface area contributed by atoms with Crippen molar-refractivity contribution < 1.29 is 14.3 Å². The van der Waals surface area contributed by atoms with Gasteiger partial charge in [-0.3, -0.25) is 4.79 Å². The summed E-state index contributed by atoms with van der Waals surface area (Å²) in [6.07, 6.45) is 0.977. The van der Waals surface area contributed by atoms with E-state index in [9.17, 15) is 9.59 Å². The molecule has 0 spiro atoms. The van der Waals surface area contributed by atoms with E-state index < -0.39 is 5.97 Å². The third-order valence-electron chi connectivity index (χ3n) is 4.07. The standard InChI is InChI=1S/C20H20N2O3S2/c1-3-14-4-6-16(7-5-14)19-21-17(13-27-19)20(24)25-11-18(23)22(2)10-15-8-9-26-12-15/h4-9,12-13H,3,10-11H2,1-2H3. The maximum atomic E-state index is 12.2. The van der Waals surface area contributed by atoms with Gasteiger partial charge in [0, 0.05) is 24.5 Å². The van der Waals surface area contributed by atoms with E-state index >= 15 is 0 Å². The Morgan fingerprint density at radius 3 is 2.56 bits per heavy atom. The van der Waals surface area contributed by atoms with E-state index in [1.54, 1.807) is 23.8 Å². The van der Waals surface area contributed by atoms with E-state index in [1.807, 2.05) is 29.0 Å². The van der Waals surface area contributed by atoms with Crippen molar-refractivity contribution in [2.45, 2.75) is 19.9 Å². The minimum Gasteiger partial charge on any atom is -0.451 e. The van der Waals surface area contributed by atoms with Gasteiger partial charge < -0.3 is 9.64 Å². The molecule has 140 valence electrons. The maximum Gasteiger partial charge on any atom is 0.358 e. The number of thiazole rings is 1. The Morgan fingerprint density at radius 2 is 1.89 bits per heavy atom. The van der Waals surface area contributed by atoms with E-state index in [1.165, 1.54) is 21.8 Å². The van der Waals surface area contributed by atoms with Gasteiger partial charge in [0.05, 0.1) is 0 Å². The number of hydrogen-bond donors (Lipinski definition) is 0. The van der Waals surface area contributed by atoms with E-state index in [-0.39, 0.29) is 18.2 Å². The van der Waals surface area contributed by atoms with Crippen LogP contribution in [0.25, 0.3) is 10.6 Å². The highest BCUT2D eigenvalue weighted by molar-refractivity contribution is 7.13. The van der Waals surface area contributed by atoms with Crippen LogP contribution in [0.4, 0.5) is 0 Å². The quantitative estimate of drug-likeness (QED) is 0.556. The van der Waals surface area contributed by atoms with Gasteiger partial charge in [0.1, 0.15) is 5.01 Å². The Kier molecular flexibility index (Phi) is 6.36. The van der Waals surface area contributed by atoms with Gasteiger partial charge >= 0.3 is 5.97 Å². The summed E-state index contributed by atoms with van der Waals surface area (Å²) in [7, 11) is 1.69. The van der Waals surface area contributed by atoms with Crippen molar-refractivity contribution >= 4 is 34.6 Å². The molecule has 0 aliphatic carbocycles. The smallest absolute Gasteiger partial charge is 0.358 e. The molecule has 0 N–H and O–H groups in total. The highest BCUT2D eigenvalue weighted by Gasteiger charge is 2.17. The number of amides is 1. The predicted octanol–water partition coefficient (Wildman–Crippen LogP) is 4.25. The summed E-state index contributed by atoms with van der Waals surface area (Å²) in [5, 5.41) is 6.36. The molecule has 5 nitrogen and oxygen atoms in total. The van der Waals surface area contributed by atoms with Crippen LogP contribution >= 0.6 is 22.7 Å². The summed E-state index contributed by atoms with van der Waals surface area (Å²) < 4.78 is 5.13. The second-order valence-corrected chi connectivity index (χ2v) is 7.68. The summed E-state index contributed by atoms with van der Waals surface area (Å²) in [5.41, 5.74) is 3.49. The van der Waals surface area contributed by atoms with E-state index in [4.69, 9.17) is 4.74 Å². The third kappa shape index (κ3) is 5.02. The molecule has 3 rings (SSSR count). The van der Waals surface area contributed by atoms with Crippen molar-refractivity contribution in [3.63, 3.8) is 0 Å². The maximum absolute atomic E-state index is 12.2. The first-order chi connectivity index (χ1) is 13.1. The van der Waals surface area contributed by atoms with Gasteiger partial charge in [-0.05, 0) is 34.4 Å². The van der Waals surface area contributed by atoms with Crippen molar-refractivity contribution in [3.05, 3.63) is 63.3 Å². The zero-order valence-corrected chi connectivity index (χ0v) is 16.8. The first-order valence-electron chi connectivity index (χ1n) is 8.54. The Labute approximate surface area is 166 Å². The van der Waals surface area contributed by atoms with Gasteiger partial charge in [0.2, 0.25) is 0 Å². The number of rotatable bonds is 7. The minimum atomic E-state index is -0.583. The summed E-state index contributed by atoms with van der Waals surface area (Å²) in [6, 6.07) is 10.1. The van der Waals surface area contributed by atoms with Crippen LogP contribution in [0.1, 0.15) is 28.5 Å². The first-order valence-corrected chi connectivity index (χ1v) is 10.4. The molecule has 2 aromatic heterocycles. The normalized spacial score (nSPS) is 10.6. The summed E-state index contributed by atoms with van der Waals surface area (Å²) >= 11 is 2.96. The first kappa shape index (κ1) is 19.3. The summed E-state index contributed by atoms with van der Waals surface area (Å²) in [6.45, 7) is 2.30. The zero-order chi connectivity index (χ0) is 19.2. The van der Waals surface area contributed by atoms with Crippen molar-refractivity contribution in [3.8, 4) is 10.6 Å². The molecule has 0 radical (unpaired) electrons. The number of thiophene rings is 1. The van der Waals surface area contributed by atoms with Gasteiger partial charge in [-0.15, -0.1) is 11.3 Å². The molecule has 0 aliphatic heterocycles. The molecule has 27 heavy (non-hydrogen) atoms. The van der Waals surface area contributed by atoms with Crippen molar-refractivity contribution in [2.24, 2.45) is 0 Å². The number of esters is 1. The number of aromatic nitrogens is 1. The Balaban J connectivity index is 1.55. The van der Waals surface area contributed by atoms with E-state index in [0.29, 0.717) is 6.54 Å². The summed E-state index contributed by atoms with van der Waals surface area (Å²) in [4.78, 5) is 30.2. The average Bonchev–Trinajstić information content (AvgIpc) is 3.38. The molecule has 7 heteroatoms. The van der Waals surface area contributed by atoms with Crippen LogP contribution in [0.5, 0.6) is 0 Å². The van der Waals surface area contributed by atoms with Gasteiger partial charge in [-0.2, -0.15) is 11.3 Å². The SMILES string of the molecule is CCc1ccc(-c2nc(C(=O)OCC(=O)N(C)Cc3ccsc3)cs2)cc1. The van der Waals surface area contributed by atoms with Crippen LogP contribution in [0.2, 0.25) is 0 Å². The molecule has 0 unspecified atom stereocenters. The van der Waals surface area contributed by atoms with Crippen LogP contribution < -0.4 is 0 Å². The molecule has 1 amide bonds. The number of ether oxygens (including phenoxy) is 1. The van der Waals surface area contributed by atoms with Crippen LogP contribution in [0.15, 0.2) is 46.5 Å². The van der Waals surface area contributed by atoms with Crippen LogP contribution in [-0.2, 0) is 22.5 Å². The lowest BCUT2D eigenvalue weighted by Gasteiger charge is -2.16. The largest absolute Gasteiger partial charge is 0.451 e. The molecule has 0 saturated carbocycles. The Hall–Kier alpha value is -2.51. The lowest BCUT2D eigenvalue weighted by atomic mass is 10.1. The number of hydrogen-bond acceptors (Lipinski definition) is 6. The van der Waals surface area contributed by atoms with Crippen LogP contribution in [0, 0.1) is 0 Å². The van der Waals surface area contributed by atoms with E-state index in [2.05, 4.69) is 24.0 Å². The number of carbonyl (C=O) groups excluding carboxylic acids is 2. The Bertz CT molecular complexity index is 902. The average molecular weight is 401 g/mol. The lowest BCUT2D eigenvalue weighted by Crippen LogP contribution is -2.30. The lowest BCUT2D eigenvalue weighted by molar-refractivity contribution is -0.133. The van der Waals surface area contributed by atoms with Crippen molar-refractivity contribution in [1.29, 1.82) is 0 Å². The van der Waals surface area contributed by atoms with Crippen LogP contribution in [0.3, 0.4) is 0 Å². The molecule has 3 aromatic rings. The molecular formula is C20H20N2O3S2. The molecule has 1 aromatic carbocycles. The second-order valence-electron chi connectivity index (χ2n) is 6.05. The van der Waals surface area contributed by atoms with E-state index in [0.717, 1.165) is 22.6 Å².